The number of benzene rings is 1. The van der Waals surface area contributed by atoms with Gasteiger partial charge in [-0.1, -0.05) is 18.2 Å². The Bertz CT molecular complexity index is 611. The Morgan fingerprint density at radius 1 is 1.00 bits per heavy atom. The minimum absolute atomic E-state index is 0.224. The molecule has 1 aromatic carbocycles. The maximum atomic E-state index is 12.7. The SMILES string of the molecule is Cc1ccccc1N1C(=O)[C@@H]2[C@H]3C[C@H]([C@H](O)[C@@H]3O)[C@@H]2C1=O. The number of fused-ring (bicyclic) bond motifs is 5. The van der Waals surface area contributed by atoms with Crippen LogP contribution in [0.15, 0.2) is 24.3 Å². The average molecular weight is 287 g/mol. The standard InChI is InChI=1S/C16H17NO4/c1-7-4-2-3-5-10(7)17-15(20)11-8-6-9(12(11)16(17)21)14(19)13(8)18/h2-5,8-9,11-14,18-19H,6H2,1H3/t8-,9+,11-,12+,13-,14+. The van der Waals surface area contributed by atoms with Crippen LogP contribution in [-0.2, 0) is 9.59 Å². The highest BCUT2D eigenvalue weighted by molar-refractivity contribution is 6.23. The number of nitrogens with zero attached hydrogens (tertiary/aromatic N) is 1. The van der Waals surface area contributed by atoms with Crippen LogP contribution in [0, 0.1) is 30.6 Å². The van der Waals surface area contributed by atoms with Crippen LogP contribution >= 0.6 is 0 Å². The normalized spacial score (nSPS) is 41.0. The van der Waals surface area contributed by atoms with Crippen molar-refractivity contribution < 1.29 is 19.8 Å². The van der Waals surface area contributed by atoms with Crippen molar-refractivity contribution in [2.24, 2.45) is 23.7 Å². The molecule has 0 spiro atoms. The van der Waals surface area contributed by atoms with Crippen LogP contribution in [0.5, 0.6) is 0 Å². The smallest absolute Gasteiger partial charge is 0.238 e. The molecule has 21 heavy (non-hydrogen) atoms. The summed E-state index contributed by atoms with van der Waals surface area (Å²) in [6.07, 6.45) is -1.20. The van der Waals surface area contributed by atoms with Gasteiger partial charge in [0.15, 0.2) is 0 Å². The van der Waals surface area contributed by atoms with Gasteiger partial charge in [-0.2, -0.15) is 0 Å². The van der Waals surface area contributed by atoms with Gasteiger partial charge in [-0.05, 0) is 25.0 Å². The third-order valence-corrected chi connectivity index (χ3v) is 5.45. The lowest BCUT2D eigenvalue weighted by Gasteiger charge is -2.29. The van der Waals surface area contributed by atoms with Crippen molar-refractivity contribution in [3.05, 3.63) is 29.8 Å². The number of imide groups is 1. The molecule has 2 N–H and O–H groups in total. The van der Waals surface area contributed by atoms with Gasteiger partial charge in [0.25, 0.3) is 0 Å². The van der Waals surface area contributed by atoms with Crippen molar-refractivity contribution in [3.63, 3.8) is 0 Å². The molecule has 110 valence electrons. The number of hydrogen-bond acceptors (Lipinski definition) is 4. The lowest BCUT2D eigenvalue weighted by molar-refractivity contribution is -0.129. The molecule has 1 aliphatic heterocycles. The summed E-state index contributed by atoms with van der Waals surface area (Å²) in [6, 6.07) is 7.29. The fourth-order valence-electron chi connectivity index (χ4n) is 4.48. The van der Waals surface area contributed by atoms with Gasteiger partial charge < -0.3 is 10.2 Å². The van der Waals surface area contributed by atoms with E-state index in [0.717, 1.165) is 5.56 Å². The molecule has 0 aromatic heterocycles. The number of amides is 2. The van der Waals surface area contributed by atoms with Crippen molar-refractivity contribution in [1.82, 2.24) is 0 Å². The van der Waals surface area contributed by atoms with E-state index in [-0.39, 0.29) is 23.7 Å². The molecule has 2 amide bonds. The molecule has 2 saturated carbocycles. The van der Waals surface area contributed by atoms with Crippen LogP contribution in [0.3, 0.4) is 0 Å². The maximum absolute atomic E-state index is 12.7. The molecule has 5 nitrogen and oxygen atoms in total. The average Bonchev–Trinajstić information content (AvgIpc) is 3.06. The number of hydrogen-bond donors (Lipinski definition) is 2. The molecule has 1 heterocycles. The van der Waals surface area contributed by atoms with E-state index in [0.29, 0.717) is 12.1 Å². The molecule has 0 radical (unpaired) electrons. The molecule has 1 saturated heterocycles. The Labute approximate surface area is 122 Å². The monoisotopic (exact) mass is 287 g/mol. The van der Waals surface area contributed by atoms with Gasteiger partial charge in [0.05, 0.1) is 29.7 Å². The molecule has 3 fully saturated rings. The molecule has 2 aliphatic carbocycles. The van der Waals surface area contributed by atoms with Crippen molar-refractivity contribution >= 4 is 17.5 Å². The Morgan fingerprint density at radius 2 is 1.52 bits per heavy atom. The second kappa shape index (κ2) is 4.15. The van der Waals surface area contributed by atoms with Gasteiger partial charge in [0, 0.05) is 11.8 Å². The van der Waals surface area contributed by atoms with E-state index >= 15 is 0 Å². The first-order valence-corrected chi connectivity index (χ1v) is 7.32. The predicted molar refractivity (Wildman–Crippen MR) is 74.3 cm³/mol. The highest BCUT2D eigenvalue weighted by atomic mass is 16.3. The van der Waals surface area contributed by atoms with E-state index in [1.807, 2.05) is 19.1 Å². The van der Waals surface area contributed by atoms with Crippen molar-refractivity contribution in [3.8, 4) is 0 Å². The lowest BCUT2D eigenvalue weighted by Crippen LogP contribution is -2.43. The van der Waals surface area contributed by atoms with E-state index in [9.17, 15) is 19.8 Å². The highest BCUT2D eigenvalue weighted by Crippen LogP contribution is 2.56. The van der Waals surface area contributed by atoms with Gasteiger partial charge in [0.2, 0.25) is 11.8 Å². The van der Waals surface area contributed by atoms with Crippen molar-refractivity contribution in [2.45, 2.75) is 25.6 Å². The Kier molecular flexibility index (Phi) is 2.56. The minimum Gasteiger partial charge on any atom is -0.390 e. The molecule has 1 aromatic rings. The summed E-state index contributed by atoms with van der Waals surface area (Å²) in [5.41, 5.74) is 1.48. The summed E-state index contributed by atoms with van der Waals surface area (Å²) in [5, 5.41) is 20.0. The third kappa shape index (κ3) is 1.48. The molecular weight excluding hydrogens is 270 g/mol. The maximum Gasteiger partial charge on any atom is 0.238 e. The summed E-state index contributed by atoms with van der Waals surface area (Å²) in [6.45, 7) is 1.86. The largest absolute Gasteiger partial charge is 0.390 e. The zero-order valence-corrected chi connectivity index (χ0v) is 11.6. The van der Waals surface area contributed by atoms with Crippen LogP contribution in [-0.4, -0.2) is 34.2 Å². The number of anilines is 1. The number of aliphatic hydroxyl groups excluding tert-OH is 2. The first-order chi connectivity index (χ1) is 10.0. The second-order valence-corrected chi connectivity index (χ2v) is 6.39. The minimum atomic E-state index is -0.884. The van der Waals surface area contributed by atoms with Gasteiger partial charge in [-0.25, -0.2) is 4.90 Å². The molecule has 5 heteroatoms. The number of aryl methyl sites for hydroxylation is 1. The summed E-state index contributed by atoms with van der Waals surface area (Å²) < 4.78 is 0. The number of carbonyl (C=O) groups is 2. The highest BCUT2D eigenvalue weighted by Gasteiger charge is 2.67. The zero-order valence-electron chi connectivity index (χ0n) is 11.6. The first-order valence-electron chi connectivity index (χ1n) is 7.32. The molecule has 0 unspecified atom stereocenters. The molecule has 3 aliphatic rings. The van der Waals surface area contributed by atoms with Crippen LogP contribution in [0.25, 0.3) is 0 Å². The van der Waals surface area contributed by atoms with Crippen LogP contribution in [0.2, 0.25) is 0 Å². The quantitative estimate of drug-likeness (QED) is 0.736. The van der Waals surface area contributed by atoms with Gasteiger partial charge in [-0.15, -0.1) is 0 Å². The van der Waals surface area contributed by atoms with E-state index in [2.05, 4.69) is 0 Å². The van der Waals surface area contributed by atoms with E-state index in [1.54, 1.807) is 12.1 Å². The van der Waals surface area contributed by atoms with Crippen LogP contribution in [0.1, 0.15) is 12.0 Å². The summed E-state index contributed by atoms with van der Waals surface area (Å²) in [4.78, 5) is 26.7. The summed E-state index contributed by atoms with van der Waals surface area (Å²) in [5.74, 6) is -1.97. The van der Waals surface area contributed by atoms with Crippen molar-refractivity contribution in [2.75, 3.05) is 4.90 Å². The summed E-state index contributed by atoms with van der Waals surface area (Å²) in [7, 11) is 0. The molecule has 4 rings (SSSR count). The first kappa shape index (κ1) is 13.0. The lowest BCUT2D eigenvalue weighted by atomic mass is 9.78. The van der Waals surface area contributed by atoms with Gasteiger partial charge in [-0.3, -0.25) is 9.59 Å². The Balaban J connectivity index is 1.77. The van der Waals surface area contributed by atoms with Gasteiger partial charge in [0.1, 0.15) is 0 Å². The third-order valence-electron chi connectivity index (χ3n) is 5.45. The fourth-order valence-corrected chi connectivity index (χ4v) is 4.48. The van der Waals surface area contributed by atoms with E-state index in [1.165, 1.54) is 4.90 Å². The number of aliphatic hydroxyl groups is 2. The van der Waals surface area contributed by atoms with Crippen LogP contribution in [0.4, 0.5) is 5.69 Å². The van der Waals surface area contributed by atoms with Gasteiger partial charge >= 0.3 is 0 Å². The van der Waals surface area contributed by atoms with Crippen LogP contribution < -0.4 is 4.90 Å². The zero-order chi connectivity index (χ0) is 14.9. The molecule has 6 atom stereocenters. The number of rotatable bonds is 1. The Morgan fingerprint density at radius 3 is 2.05 bits per heavy atom. The molecular formula is C16H17NO4. The molecule has 2 bridgehead atoms. The Hall–Kier alpha value is -1.72. The second-order valence-electron chi connectivity index (χ2n) is 6.39. The summed E-state index contributed by atoms with van der Waals surface area (Å²) >= 11 is 0. The fraction of sp³-hybridized carbons (Fsp3) is 0.500. The predicted octanol–water partition coefficient (Wildman–Crippen LogP) is 0.472. The van der Waals surface area contributed by atoms with E-state index < -0.39 is 24.0 Å². The topological polar surface area (TPSA) is 77.8 Å². The van der Waals surface area contributed by atoms with E-state index in [4.69, 9.17) is 0 Å². The number of para-hydroxylation sites is 1. The van der Waals surface area contributed by atoms with Crippen molar-refractivity contribution in [1.29, 1.82) is 0 Å². The number of carbonyl (C=O) groups excluding carboxylic acids is 2.